The predicted octanol–water partition coefficient (Wildman–Crippen LogP) is 1.36. The monoisotopic (exact) mass is 345 g/mol. The minimum Gasteiger partial charge on any atom is -0.479 e. The summed E-state index contributed by atoms with van der Waals surface area (Å²) >= 11 is 0. The van der Waals surface area contributed by atoms with Gasteiger partial charge in [0.2, 0.25) is 5.91 Å². The Balaban J connectivity index is 1.75. The Hall–Kier alpha value is -2.64. The molecule has 1 fully saturated rings. The number of carboxylic acids is 1. The normalized spacial score (nSPS) is 18.1. The molecule has 2 aromatic heterocycles. The summed E-state index contributed by atoms with van der Waals surface area (Å²) in [7, 11) is 0. The highest BCUT2D eigenvalue weighted by Gasteiger charge is 2.45. The maximum Gasteiger partial charge on any atom is 0.331 e. The van der Waals surface area contributed by atoms with Crippen LogP contribution in [0.25, 0.3) is 0 Å². The lowest BCUT2D eigenvalue weighted by Crippen LogP contribution is -2.53. The number of aryl methyl sites for hydroxylation is 2. The van der Waals surface area contributed by atoms with Crippen molar-refractivity contribution in [2.24, 2.45) is 0 Å². The number of carbonyl (C=O) groups excluding carboxylic acids is 1. The number of rotatable bonds is 4. The molecule has 0 saturated carbocycles. The van der Waals surface area contributed by atoms with Crippen LogP contribution in [-0.2, 0) is 15.1 Å². The van der Waals surface area contributed by atoms with Crippen molar-refractivity contribution in [1.29, 1.82) is 0 Å². The van der Waals surface area contributed by atoms with Gasteiger partial charge in [-0.15, -0.1) is 0 Å². The molecule has 0 aromatic carbocycles. The molecule has 1 saturated heterocycles. The molecule has 1 unspecified atom stereocenters. The van der Waals surface area contributed by atoms with Crippen molar-refractivity contribution >= 4 is 11.9 Å². The van der Waals surface area contributed by atoms with E-state index in [2.05, 4.69) is 10.1 Å². The van der Waals surface area contributed by atoms with Crippen LogP contribution in [0, 0.1) is 13.8 Å². The molecule has 0 radical (unpaired) electrons. The van der Waals surface area contributed by atoms with Crippen LogP contribution >= 0.6 is 0 Å². The summed E-state index contributed by atoms with van der Waals surface area (Å²) in [4.78, 5) is 30.6. The van der Waals surface area contributed by atoms with Gasteiger partial charge in [0.15, 0.2) is 5.54 Å². The first-order valence-electron chi connectivity index (χ1n) is 8.38. The van der Waals surface area contributed by atoms with Crippen molar-refractivity contribution in [3.63, 3.8) is 0 Å². The maximum absolute atomic E-state index is 12.8. The van der Waals surface area contributed by atoms with Crippen molar-refractivity contribution in [3.8, 4) is 0 Å². The molecule has 0 aliphatic carbocycles. The Morgan fingerprint density at radius 3 is 2.44 bits per heavy atom. The molecule has 1 atom stereocenters. The standard InChI is InChI=1S/C17H23N5O3/c1-12-10-19-22(11-12)17(16(24)25)4-7-20(8-5-17)15(23)13(2)21-9-6-18-14(21)3/h6,9-11,13H,4-5,7-8H2,1-3H3,(H,24,25). The number of imidazole rings is 1. The molecule has 1 N–H and O–H groups in total. The van der Waals surface area contributed by atoms with E-state index in [1.165, 1.54) is 4.68 Å². The van der Waals surface area contributed by atoms with E-state index < -0.39 is 11.5 Å². The zero-order valence-electron chi connectivity index (χ0n) is 14.7. The minimum atomic E-state index is -1.08. The summed E-state index contributed by atoms with van der Waals surface area (Å²) in [6, 6.07) is -0.355. The van der Waals surface area contributed by atoms with Gasteiger partial charge in [-0.05, 0) is 26.3 Å². The van der Waals surface area contributed by atoms with Crippen LogP contribution in [0.4, 0.5) is 0 Å². The third-order valence-electron chi connectivity index (χ3n) is 5.09. The molecule has 8 nitrogen and oxygen atoms in total. The average Bonchev–Trinajstić information content (AvgIpc) is 3.22. The summed E-state index contributed by atoms with van der Waals surface area (Å²) in [5.41, 5.74) is -0.164. The molecular weight excluding hydrogens is 322 g/mol. The topological polar surface area (TPSA) is 93.3 Å². The number of carboxylic acid groups (broad SMARTS) is 1. The molecule has 8 heteroatoms. The Morgan fingerprint density at radius 1 is 1.28 bits per heavy atom. The average molecular weight is 345 g/mol. The van der Waals surface area contributed by atoms with Crippen LogP contribution in [0.3, 0.4) is 0 Å². The number of carbonyl (C=O) groups is 2. The van der Waals surface area contributed by atoms with Gasteiger partial charge in [-0.1, -0.05) is 0 Å². The fraction of sp³-hybridized carbons (Fsp3) is 0.529. The number of hydrogen-bond acceptors (Lipinski definition) is 4. The molecule has 1 aliphatic heterocycles. The zero-order valence-corrected chi connectivity index (χ0v) is 14.7. The zero-order chi connectivity index (χ0) is 18.2. The van der Waals surface area contributed by atoms with E-state index in [0.717, 1.165) is 11.4 Å². The molecule has 3 rings (SSSR count). The van der Waals surface area contributed by atoms with Gasteiger partial charge >= 0.3 is 5.97 Å². The summed E-state index contributed by atoms with van der Waals surface area (Å²) in [6.45, 7) is 6.36. The summed E-state index contributed by atoms with van der Waals surface area (Å²) in [6.07, 6.45) is 7.55. The van der Waals surface area contributed by atoms with Crippen molar-refractivity contribution in [1.82, 2.24) is 24.2 Å². The Bertz CT molecular complexity index is 786. The second kappa shape index (κ2) is 6.34. The number of aromatic nitrogens is 4. The molecule has 2 aromatic rings. The lowest BCUT2D eigenvalue weighted by molar-refractivity contribution is -0.154. The fourth-order valence-corrected chi connectivity index (χ4v) is 3.47. The highest BCUT2D eigenvalue weighted by atomic mass is 16.4. The number of aliphatic carboxylic acids is 1. The summed E-state index contributed by atoms with van der Waals surface area (Å²) in [5, 5.41) is 14.0. The Labute approximate surface area is 146 Å². The van der Waals surface area contributed by atoms with E-state index >= 15 is 0 Å². The van der Waals surface area contributed by atoms with Crippen LogP contribution < -0.4 is 0 Å². The predicted molar refractivity (Wildman–Crippen MR) is 90.1 cm³/mol. The van der Waals surface area contributed by atoms with Crippen LogP contribution in [0.1, 0.15) is 37.2 Å². The van der Waals surface area contributed by atoms with E-state index in [0.29, 0.717) is 25.9 Å². The van der Waals surface area contributed by atoms with Crippen molar-refractivity contribution in [2.75, 3.05) is 13.1 Å². The number of nitrogens with zero attached hydrogens (tertiary/aromatic N) is 5. The van der Waals surface area contributed by atoms with Crippen molar-refractivity contribution in [2.45, 2.75) is 45.2 Å². The molecule has 3 heterocycles. The first-order valence-corrected chi connectivity index (χ1v) is 8.38. The molecule has 0 spiro atoms. The van der Waals surface area contributed by atoms with Gasteiger partial charge in [0.05, 0.1) is 6.20 Å². The number of hydrogen-bond donors (Lipinski definition) is 1. The largest absolute Gasteiger partial charge is 0.479 e. The highest BCUT2D eigenvalue weighted by Crippen LogP contribution is 2.31. The molecular formula is C17H23N5O3. The second-order valence-corrected chi connectivity index (χ2v) is 6.68. The quantitative estimate of drug-likeness (QED) is 0.903. The van der Waals surface area contributed by atoms with Crippen LogP contribution in [0.2, 0.25) is 0 Å². The van der Waals surface area contributed by atoms with Gasteiger partial charge in [0, 0.05) is 44.5 Å². The van der Waals surface area contributed by atoms with Crippen LogP contribution in [-0.4, -0.2) is 54.3 Å². The maximum atomic E-state index is 12.8. The van der Waals surface area contributed by atoms with Crippen LogP contribution in [0.5, 0.6) is 0 Å². The van der Waals surface area contributed by atoms with E-state index in [-0.39, 0.29) is 11.9 Å². The lowest BCUT2D eigenvalue weighted by Gasteiger charge is -2.39. The van der Waals surface area contributed by atoms with E-state index in [1.54, 1.807) is 29.7 Å². The Kier molecular flexibility index (Phi) is 4.36. The van der Waals surface area contributed by atoms with E-state index in [4.69, 9.17) is 0 Å². The Morgan fingerprint density at radius 2 is 1.96 bits per heavy atom. The van der Waals surface area contributed by atoms with E-state index in [9.17, 15) is 14.7 Å². The van der Waals surface area contributed by atoms with Crippen molar-refractivity contribution < 1.29 is 14.7 Å². The van der Waals surface area contributed by atoms with Gasteiger partial charge in [0.25, 0.3) is 0 Å². The highest BCUT2D eigenvalue weighted by molar-refractivity contribution is 5.81. The summed E-state index contributed by atoms with van der Waals surface area (Å²) < 4.78 is 3.37. The van der Waals surface area contributed by atoms with Crippen LogP contribution in [0.15, 0.2) is 24.8 Å². The molecule has 134 valence electrons. The van der Waals surface area contributed by atoms with Gasteiger partial charge < -0.3 is 14.6 Å². The third-order valence-corrected chi connectivity index (χ3v) is 5.09. The first-order chi connectivity index (χ1) is 11.8. The van der Waals surface area contributed by atoms with Gasteiger partial charge in [-0.25, -0.2) is 9.78 Å². The number of likely N-dealkylation sites (tertiary alicyclic amines) is 1. The number of amides is 1. The minimum absolute atomic E-state index is 0.0169. The van der Waals surface area contributed by atoms with Gasteiger partial charge in [-0.3, -0.25) is 9.48 Å². The smallest absolute Gasteiger partial charge is 0.331 e. The molecule has 25 heavy (non-hydrogen) atoms. The summed E-state index contributed by atoms with van der Waals surface area (Å²) in [5.74, 6) is -0.136. The first kappa shape index (κ1) is 17.2. The third kappa shape index (κ3) is 2.92. The second-order valence-electron chi connectivity index (χ2n) is 6.68. The van der Waals surface area contributed by atoms with E-state index in [1.807, 2.05) is 25.3 Å². The van der Waals surface area contributed by atoms with Gasteiger partial charge in [-0.2, -0.15) is 5.10 Å². The van der Waals surface area contributed by atoms with Crippen molar-refractivity contribution in [3.05, 3.63) is 36.2 Å². The molecule has 0 bridgehead atoms. The lowest BCUT2D eigenvalue weighted by atomic mass is 9.87. The SMILES string of the molecule is Cc1cnn(C2(C(=O)O)CCN(C(=O)C(C)n3ccnc3C)CC2)c1. The van der Waals surface area contributed by atoms with Gasteiger partial charge in [0.1, 0.15) is 11.9 Å². The fourth-order valence-electron chi connectivity index (χ4n) is 3.47. The molecule has 1 aliphatic rings. The molecule has 1 amide bonds. The number of piperidine rings is 1.